The molecule has 2 aromatic rings. The van der Waals surface area contributed by atoms with Gasteiger partial charge in [0.05, 0.1) is 16.8 Å². The fourth-order valence-corrected chi connectivity index (χ4v) is 3.02. The quantitative estimate of drug-likeness (QED) is 0.840. The van der Waals surface area contributed by atoms with Crippen LogP contribution in [0, 0.1) is 6.92 Å². The predicted octanol–water partition coefficient (Wildman–Crippen LogP) is 2.54. The van der Waals surface area contributed by atoms with Gasteiger partial charge in [0.2, 0.25) is 0 Å². The van der Waals surface area contributed by atoms with E-state index in [4.69, 9.17) is 5.73 Å². The second kappa shape index (κ2) is 5.18. The molecule has 100 valence electrons. The minimum absolute atomic E-state index is 0.133. The number of nitrogens with two attached hydrogens (primary N) is 1. The molecule has 1 aromatic carbocycles. The monoisotopic (exact) mass is 341 g/mol. The number of benzene rings is 1. The Morgan fingerprint density at radius 1 is 1.26 bits per heavy atom. The zero-order valence-electron chi connectivity index (χ0n) is 10.1. The summed E-state index contributed by atoms with van der Waals surface area (Å²) in [5, 5.41) is 0. The highest BCUT2D eigenvalue weighted by Crippen LogP contribution is 2.24. The molecule has 5 nitrogen and oxygen atoms in total. The first-order chi connectivity index (χ1) is 8.88. The molecule has 0 aliphatic rings. The standard InChI is InChI=1S/C12H12BrN3O2S/c1-8-2-3-9(7-15-8)16-19(17,18)10-4-5-12(14)11(13)6-10/h2-7,16H,14H2,1H3. The van der Waals surface area contributed by atoms with E-state index in [9.17, 15) is 8.42 Å². The van der Waals surface area contributed by atoms with E-state index in [0.717, 1.165) is 5.69 Å². The van der Waals surface area contributed by atoms with Crippen molar-refractivity contribution in [3.05, 3.63) is 46.7 Å². The zero-order valence-corrected chi connectivity index (χ0v) is 12.5. The largest absolute Gasteiger partial charge is 0.398 e. The van der Waals surface area contributed by atoms with Crippen LogP contribution in [-0.2, 0) is 10.0 Å². The van der Waals surface area contributed by atoms with Crippen LogP contribution in [-0.4, -0.2) is 13.4 Å². The lowest BCUT2D eigenvalue weighted by Gasteiger charge is -2.09. The Morgan fingerprint density at radius 2 is 2.00 bits per heavy atom. The third-order valence-electron chi connectivity index (χ3n) is 2.45. The number of pyridine rings is 1. The van der Waals surface area contributed by atoms with Crippen LogP contribution in [0.1, 0.15) is 5.69 Å². The van der Waals surface area contributed by atoms with Crippen molar-refractivity contribution in [2.45, 2.75) is 11.8 Å². The summed E-state index contributed by atoms with van der Waals surface area (Å²) < 4.78 is 27.3. The lowest BCUT2D eigenvalue weighted by Crippen LogP contribution is -2.13. The van der Waals surface area contributed by atoms with Gasteiger partial charge in [0, 0.05) is 15.9 Å². The van der Waals surface area contributed by atoms with Crippen LogP contribution < -0.4 is 10.5 Å². The molecule has 1 heterocycles. The molecule has 0 aliphatic carbocycles. The molecule has 2 rings (SSSR count). The highest BCUT2D eigenvalue weighted by molar-refractivity contribution is 9.10. The average Bonchev–Trinajstić information content (AvgIpc) is 2.35. The van der Waals surface area contributed by atoms with Gasteiger partial charge in [-0.05, 0) is 53.2 Å². The fourth-order valence-electron chi connectivity index (χ4n) is 1.42. The molecular formula is C12H12BrN3O2S. The second-order valence-corrected chi connectivity index (χ2v) is 6.51. The van der Waals surface area contributed by atoms with E-state index in [1.165, 1.54) is 24.4 Å². The van der Waals surface area contributed by atoms with Crippen molar-refractivity contribution < 1.29 is 8.42 Å². The minimum Gasteiger partial charge on any atom is -0.398 e. The molecule has 0 fully saturated rings. The van der Waals surface area contributed by atoms with Gasteiger partial charge in [-0.15, -0.1) is 0 Å². The van der Waals surface area contributed by atoms with Gasteiger partial charge in [-0.3, -0.25) is 9.71 Å². The Morgan fingerprint density at radius 3 is 2.58 bits per heavy atom. The summed E-state index contributed by atoms with van der Waals surface area (Å²) in [7, 11) is -3.64. The van der Waals surface area contributed by atoms with E-state index in [1.54, 1.807) is 12.1 Å². The first kappa shape index (κ1) is 13.8. The van der Waals surface area contributed by atoms with Gasteiger partial charge < -0.3 is 5.73 Å². The van der Waals surface area contributed by atoms with Crippen LogP contribution in [0.4, 0.5) is 11.4 Å². The number of anilines is 2. The average molecular weight is 342 g/mol. The number of nitrogens with one attached hydrogen (secondary N) is 1. The topological polar surface area (TPSA) is 85.1 Å². The molecule has 0 saturated heterocycles. The van der Waals surface area contributed by atoms with Gasteiger partial charge in [-0.1, -0.05) is 0 Å². The molecule has 19 heavy (non-hydrogen) atoms. The summed E-state index contributed by atoms with van der Waals surface area (Å²) in [5.41, 5.74) is 7.34. The summed E-state index contributed by atoms with van der Waals surface area (Å²) in [5.74, 6) is 0. The SMILES string of the molecule is Cc1ccc(NS(=O)(=O)c2ccc(N)c(Br)c2)cn1. The molecule has 0 spiro atoms. The third kappa shape index (κ3) is 3.24. The van der Waals surface area contributed by atoms with Crippen LogP contribution in [0.5, 0.6) is 0 Å². The summed E-state index contributed by atoms with van der Waals surface area (Å²) >= 11 is 3.20. The van der Waals surface area contributed by atoms with Crippen LogP contribution in [0.3, 0.4) is 0 Å². The first-order valence-electron chi connectivity index (χ1n) is 5.39. The minimum atomic E-state index is -3.64. The van der Waals surface area contributed by atoms with Crippen molar-refractivity contribution in [3.63, 3.8) is 0 Å². The molecule has 0 aliphatic heterocycles. The fraction of sp³-hybridized carbons (Fsp3) is 0.0833. The Kier molecular flexibility index (Phi) is 3.77. The summed E-state index contributed by atoms with van der Waals surface area (Å²) in [6.45, 7) is 1.83. The van der Waals surface area contributed by atoms with Crippen LogP contribution in [0.15, 0.2) is 45.9 Å². The molecule has 0 amide bonds. The number of aromatic nitrogens is 1. The number of aryl methyl sites for hydroxylation is 1. The number of rotatable bonds is 3. The maximum atomic E-state index is 12.1. The van der Waals surface area contributed by atoms with Crippen molar-refractivity contribution >= 4 is 37.3 Å². The predicted molar refractivity (Wildman–Crippen MR) is 78.3 cm³/mol. The van der Waals surface area contributed by atoms with Gasteiger partial charge in [-0.25, -0.2) is 8.42 Å². The van der Waals surface area contributed by atoms with Crippen molar-refractivity contribution in [3.8, 4) is 0 Å². The van der Waals surface area contributed by atoms with Crippen LogP contribution in [0.2, 0.25) is 0 Å². The van der Waals surface area contributed by atoms with Gasteiger partial charge in [-0.2, -0.15) is 0 Å². The van der Waals surface area contributed by atoms with E-state index >= 15 is 0 Å². The smallest absolute Gasteiger partial charge is 0.261 e. The molecule has 0 bridgehead atoms. The van der Waals surface area contributed by atoms with Crippen molar-refractivity contribution in [2.24, 2.45) is 0 Å². The highest BCUT2D eigenvalue weighted by atomic mass is 79.9. The van der Waals surface area contributed by atoms with Crippen molar-refractivity contribution in [1.82, 2.24) is 4.98 Å². The Balaban J connectivity index is 2.32. The lowest BCUT2D eigenvalue weighted by molar-refractivity contribution is 0.601. The summed E-state index contributed by atoms with van der Waals surface area (Å²) in [4.78, 5) is 4.17. The molecular weight excluding hydrogens is 330 g/mol. The lowest BCUT2D eigenvalue weighted by atomic mass is 10.3. The van der Waals surface area contributed by atoms with E-state index in [1.807, 2.05) is 6.92 Å². The molecule has 0 atom stereocenters. The highest BCUT2D eigenvalue weighted by Gasteiger charge is 2.15. The van der Waals surface area contributed by atoms with Crippen LogP contribution in [0.25, 0.3) is 0 Å². The normalized spacial score (nSPS) is 11.3. The number of nitrogen functional groups attached to an aromatic ring is 1. The molecule has 1 aromatic heterocycles. The van der Waals surface area contributed by atoms with Gasteiger partial charge >= 0.3 is 0 Å². The maximum absolute atomic E-state index is 12.1. The van der Waals surface area contributed by atoms with Crippen molar-refractivity contribution in [1.29, 1.82) is 0 Å². The number of nitrogens with zero attached hydrogens (tertiary/aromatic N) is 1. The second-order valence-electron chi connectivity index (χ2n) is 3.98. The zero-order chi connectivity index (χ0) is 14.0. The Bertz CT molecular complexity index is 699. The van der Waals surface area contributed by atoms with E-state index in [0.29, 0.717) is 15.8 Å². The molecule has 0 unspecified atom stereocenters. The van der Waals surface area contributed by atoms with Gasteiger partial charge in [0.15, 0.2) is 0 Å². The van der Waals surface area contributed by atoms with E-state index in [2.05, 4.69) is 25.6 Å². The molecule has 3 N–H and O–H groups in total. The first-order valence-corrected chi connectivity index (χ1v) is 7.66. The van der Waals surface area contributed by atoms with Crippen molar-refractivity contribution in [2.75, 3.05) is 10.5 Å². The molecule has 0 radical (unpaired) electrons. The number of hydrogen-bond acceptors (Lipinski definition) is 4. The Hall–Kier alpha value is -1.60. The van der Waals surface area contributed by atoms with Gasteiger partial charge in [0.1, 0.15) is 0 Å². The molecule has 0 saturated carbocycles. The summed E-state index contributed by atoms with van der Waals surface area (Å²) in [6.07, 6.45) is 1.47. The van der Waals surface area contributed by atoms with Crippen LogP contribution >= 0.6 is 15.9 Å². The third-order valence-corrected chi connectivity index (χ3v) is 4.51. The van der Waals surface area contributed by atoms with Gasteiger partial charge in [0.25, 0.3) is 10.0 Å². The number of halogens is 1. The van der Waals surface area contributed by atoms with E-state index in [-0.39, 0.29) is 4.90 Å². The number of sulfonamides is 1. The maximum Gasteiger partial charge on any atom is 0.261 e. The summed E-state index contributed by atoms with van der Waals surface area (Å²) in [6, 6.07) is 7.83. The van der Waals surface area contributed by atoms with E-state index < -0.39 is 10.0 Å². The Labute approximate surface area is 120 Å². The molecule has 7 heteroatoms. The number of hydrogen-bond donors (Lipinski definition) is 2.